The fraction of sp³-hybridized carbons (Fsp3) is 0.273. The van der Waals surface area contributed by atoms with Crippen LogP contribution in [0.5, 0.6) is 0 Å². The van der Waals surface area contributed by atoms with Gasteiger partial charge in [0.25, 0.3) is 5.91 Å². The summed E-state index contributed by atoms with van der Waals surface area (Å²) >= 11 is 0. The van der Waals surface area contributed by atoms with Gasteiger partial charge in [-0.15, -0.1) is 0 Å². The van der Waals surface area contributed by atoms with Crippen LogP contribution in [0.15, 0.2) is 24.3 Å². The SMILES string of the molecule is N#CCC(O)C(O)c1cccc(C(=O)NN)c1. The van der Waals surface area contributed by atoms with E-state index in [0.717, 1.165) is 0 Å². The minimum atomic E-state index is -1.21. The molecule has 0 fully saturated rings. The van der Waals surface area contributed by atoms with Crippen molar-refractivity contribution in [2.45, 2.75) is 18.6 Å². The molecule has 1 rings (SSSR count). The number of aliphatic hydroxyl groups is 2. The van der Waals surface area contributed by atoms with Gasteiger partial charge in [0.2, 0.25) is 0 Å². The normalized spacial score (nSPS) is 13.5. The van der Waals surface area contributed by atoms with Gasteiger partial charge in [0.05, 0.1) is 18.6 Å². The van der Waals surface area contributed by atoms with E-state index in [2.05, 4.69) is 0 Å². The topological polar surface area (TPSA) is 119 Å². The number of nitriles is 1. The first-order chi connectivity index (χ1) is 8.10. The number of benzene rings is 1. The molecule has 90 valence electrons. The molecule has 0 saturated heterocycles. The van der Waals surface area contributed by atoms with E-state index >= 15 is 0 Å². The Balaban J connectivity index is 2.92. The molecule has 0 spiro atoms. The lowest BCUT2D eigenvalue weighted by atomic mass is 10.0. The Morgan fingerprint density at radius 1 is 1.53 bits per heavy atom. The number of carbonyl (C=O) groups excluding carboxylic acids is 1. The van der Waals surface area contributed by atoms with Crippen LogP contribution in [0.3, 0.4) is 0 Å². The molecule has 1 aromatic carbocycles. The Bertz CT molecular complexity index is 442. The van der Waals surface area contributed by atoms with Crippen LogP contribution in [0, 0.1) is 11.3 Å². The highest BCUT2D eigenvalue weighted by Gasteiger charge is 2.18. The maximum Gasteiger partial charge on any atom is 0.265 e. The van der Waals surface area contributed by atoms with Gasteiger partial charge in [-0.05, 0) is 17.7 Å². The quantitative estimate of drug-likeness (QED) is 0.321. The van der Waals surface area contributed by atoms with Gasteiger partial charge >= 0.3 is 0 Å². The number of amides is 1. The number of nitrogens with two attached hydrogens (primary N) is 1. The molecule has 0 aliphatic rings. The van der Waals surface area contributed by atoms with Crippen molar-refractivity contribution < 1.29 is 15.0 Å². The number of rotatable bonds is 4. The minimum absolute atomic E-state index is 0.186. The molecule has 1 aromatic rings. The average molecular weight is 235 g/mol. The highest BCUT2D eigenvalue weighted by Crippen LogP contribution is 2.19. The second kappa shape index (κ2) is 5.96. The summed E-state index contributed by atoms with van der Waals surface area (Å²) in [7, 11) is 0. The molecule has 0 saturated carbocycles. The van der Waals surface area contributed by atoms with E-state index < -0.39 is 18.1 Å². The monoisotopic (exact) mass is 235 g/mol. The van der Waals surface area contributed by atoms with Crippen LogP contribution in [-0.2, 0) is 0 Å². The van der Waals surface area contributed by atoms with Crippen molar-refractivity contribution in [3.8, 4) is 6.07 Å². The predicted molar refractivity (Wildman–Crippen MR) is 59.3 cm³/mol. The standard InChI is InChI=1S/C11H13N3O3/c12-5-4-9(15)10(16)7-2-1-3-8(6-7)11(17)14-13/h1-3,6,9-10,15-16H,4,13H2,(H,14,17). The molecular formula is C11H13N3O3. The zero-order valence-electron chi connectivity index (χ0n) is 9.00. The van der Waals surface area contributed by atoms with Gasteiger partial charge in [0.15, 0.2) is 0 Å². The number of carbonyl (C=O) groups is 1. The molecule has 5 N–H and O–H groups in total. The number of nitrogen functional groups attached to an aromatic ring is 1. The highest BCUT2D eigenvalue weighted by molar-refractivity contribution is 5.93. The van der Waals surface area contributed by atoms with Crippen molar-refractivity contribution in [3.63, 3.8) is 0 Å². The molecule has 2 unspecified atom stereocenters. The van der Waals surface area contributed by atoms with E-state index in [9.17, 15) is 15.0 Å². The summed E-state index contributed by atoms with van der Waals surface area (Å²) in [5.74, 6) is 4.49. The third kappa shape index (κ3) is 3.26. The molecule has 6 nitrogen and oxygen atoms in total. The number of hydrogen-bond donors (Lipinski definition) is 4. The lowest BCUT2D eigenvalue weighted by Crippen LogP contribution is -2.30. The molecule has 0 bridgehead atoms. The fourth-order valence-electron chi connectivity index (χ4n) is 1.37. The minimum Gasteiger partial charge on any atom is -0.389 e. The third-order valence-corrected chi connectivity index (χ3v) is 2.29. The molecule has 0 aromatic heterocycles. The van der Waals surface area contributed by atoms with Crippen molar-refractivity contribution in [2.24, 2.45) is 5.84 Å². The summed E-state index contributed by atoms with van der Waals surface area (Å²) in [5.41, 5.74) is 2.59. The van der Waals surface area contributed by atoms with Crippen LogP contribution in [0.4, 0.5) is 0 Å². The van der Waals surface area contributed by atoms with Crippen LogP contribution < -0.4 is 11.3 Å². The number of nitrogens with zero attached hydrogens (tertiary/aromatic N) is 1. The van der Waals surface area contributed by atoms with Gasteiger partial charge < -0.3 is 10.2 Å². The van der Waals surface area contributed by atoms with E-state index in [1.165, 1.54) is 12.1 Å². The summed E-state index contributed by atoms with van der Waals surface area (Å²) in [5, 5.41) is 27.6. The number of nitrogens with one attached hydrogen (secondary N) is 1. The number of hydrazine groups is 1. The first-order valence-electron chi connectivity index (χ1n) is 4.94. The summed E-state index contributed by atoms with van der Waals surface area (Å²) in [6.07, 6.45) is -2.58. The Morgan fingerprint density at radius 2 is 2.24 bits per heavy atom. The Morgan fingerprint density at radius 3 is 2.82 bits per heavy atom. The van der Waals surface area contributed by atoms with Crippen LogP contribution >= 0.6 is 0 Å². The smallest absolute Gasteiger partial charge is 0.265 e. The number of hydrogen-bond acceptors (Lipinski definition) is 5. The van der Waals surface area contributed by atoms with Crippen molar-refractivity contribution in [3.05, 3.63) is 35.4 Å². The average Bonchev–Trinajstić information content (AvgIpc) is 2.37. The molecular weight excluding hydrogens is 222 g/mol. The van der Waals surface area contributed by atoms with Gasteiger partial charge in [-0.25, -0.2) is 5.84 Å². The fourth-order valence-corrected chi connectivity index (χ4v) is 1.37. The highest BCUT2D eigenvalue weighted by atomic mass is 16.3. The van der Waals surface area contributed by atoms with Crippen molar-refractivity contribution >= 4 is 5.91 Å². The molecule has 6 heteroatoms. The zero-order valence-corrected chi connectivity index (χ0v) is 9.00. The summed E-state index contributed by atoms with van der Waals surface area (Å²) in [6.45, 7) is 0. The predicted octanol–water partition coefficient (Wildman–Crippen LogP) is -0.402. The van der Waals surface area contributed by atoms with Crippen LogP contribution in [0.1, 0.15) is 28.4 Å². The first-order valence-corrected chi connectivity index (χ1v) is 4.94. The molecule has 2 atom stereocenters. The van der Waals surface area contributed by atoms with Gasteiger partial charge in [-0.3, -0.25) is 10.2 Å². The van der Waals surface area contributed by atoms with Crippen LogP contribution in [-0.4, -0.2) is 22.2 Å². The van der Waals surface area contributed by atoms with E-state index in [4.69, 9.17) is 11.1 Å². The lowest BCUT2D eigenvalue weighted by molar-refractivity contribution is 0.0216. The zero-order chi connectivity index (χ0) is 12.8. The van der Waals surface area contributed by atoms with Gasteiger partial charge in [-0.2, -0.15) is 5.26 Å². The van der Waals surface area contributed by atoms with Gasteiger partial charge in [0.1, 0.15) is 6.10 Å². The van der Waals surface area contributed by atoms with Crippen LogP contribution in [0.2, 0.25) is 0 Å². The summed E-state index contributed by atoms with van der Waals surface area (Å²) < 4.78 is 0. The first kappa shape index (κ1) is 13.1. The summed E-state index contributed by atoms with van der Waals surface area (Å²) in [6, 6.07) is 7.80. The van der Waals surface area contributed by atoms with E-state index in [0.29, 0.717) is 5.56 Å². The van der Waals surface area contributed by atoms with E-state index in [1.807, 2.05) is 5.43 Å². The Kier molecular flexibility index (Phi) is 4.60. The van der Waals surface area contributed by atoms with Gasteiger partial charge in [-0.1, -0.05) is 12.1 Å². The second-order valence-corrected chi connectivity index (χ2v) is 3.47. The second-order valence-electron chi connectivity index (χ2n) is 3.47. The molecule has 0 aliphatic heterocycles. The van der Waals surface area contributed by atoms with Crippen molar-refractivity contribution in [2.75, 3.05) is 0 Å². The summed E-state index contributed by atoms with van der Waals surface area (Å²) in [4.78, 5) is 11.3. The maximum atomic E-state index is 11.3. The van der Waals surface area contributed by atoms with E-state index in [-0.39, 0.29) is 12.0 Å². The maximum absolute atomic E-state index is 11.3. The van der Waals surface area contributed by atoms with Gasteiger partial charge in [0, 0.05) is 5.56 Å². The molecule has 0 radical (unpaired) electrons. The third-order valence-electron chi connectivity index (χ3n) is 2.29. The molecule has 0 aliphatic carbocycles. The van der Waals surface area contributed by atoms with E-state index in [1.54, 1.807) is 18.2 Å². The van der Waals surface area contributed by atoms with Crippen molar-refractivity contribution in [1.29, 1.82) is 5.26 Å². The van der Waals surface area contributed by atoms with Crippen LogP contribution in [0.25, 0.3) is 0 Å². The molecule has 17 heavy (non-hydrogen) atoms. The lowest BCUT2D eigenvalue weighted by Gasteiger charge is -2.16. The Labute approximate surface area is 98.3 Å². The largest absolute Gasteiger partial charge is 0.389 e. The number of aliphatic hydroxyl groups excluding tert-OH is 2. The molecule has 0 heterocycles. The molecule has 1 amide bonds. The van der Waals surface area contributed by atoms with Crippen molar-refractivity contribution in [1.82, 2.24) is 5.43 Å². The Hall–Kier alpha value is -1.94.